The largest absolute Gasteiger partial charge is 2.00 e. The molecule has 0 aromatic heterocycles. The summed E-state index contributed by atoms with van der Waals surface area (Å²) >= 11 is 0. The van der Waals surface area contributed by atoms with Crippen LogP contribution < -0.4 is 0 Å². The Morgan fingerprint density at radius 3 is 1.69 bits per heavy atom. The molecule has 0 heterocycles. The van der Waals surface area contributed by atoms with Crippen molar-refractivity contribution in [3.63, 3.8) is 0 Å². The zero-order valence-corrected chi connectivity index (χ0v) is 14.7. The second-order valence-electron chi connectivity index (χ2n) is 2.65. The standard InChI is InChI=1S/C5H9.C2H5O5P.3Mg.4H/c1-2-4-5-3-1;1-2(3)7-8(4,5)6;;;;;;;/h1H,2-5H2;1H3,(H2,4,5,6);;;;;;;/q-1;;3*+2;4*-1. The van der Waals surface area contributed by atoms with Crippen molar-refractivity contribution in [3.05, 3.63) is 6.42 Å². The number of hydrogen-bond donors (Lipinski definition) is 2. The van der Waals surface area contributed by atoms with Gasteiger partial charge >= 0.3 is 83.0 Å². The summed E-state index contributed by atoms with van der Waals surface area (Å²) in [6.07, 6.45) is 8.00. The monoisotopic (exact) mass is 285 g/mol. The molecule has 1 saturated carbocycles. The van der Waals surface area contributed by atoms with Crippen molar-refractivity contribution in [2.24, 2.45) is 0 Å². The Morgan fingerprint density at radius 1 is 1.25 bits per heavy atom. The average Bonchev–Trinajstić information content (AvgIpc) is 2.33. The second kappa shape index (κ2) is 15.0. The summed E-state index contributed by atoms with van der Waals surface area (Å²) in [5.74, 6) is -0.988. The summed E-state index contributed by atoms with van der Waals surface area (Å²) in [5.41, 5.74) is 0. The maximum atomic E-state index is 9.74. The van der Waals surface area contributed by atoms with E-state index in [1.54, 1.807) is 0 Å². The SMILES string of the molecule is CC(=O)OP(=O)(O)O.[CH-]1CCCC1.[H-].[H-].[H-].[H-].[Mg+2].[Mg+2].[Mg+2]. The van der Waals surface area contributed by atoms with Crippen LogP contribution in [0.5, 0.6) is 0 Å². The van der Waals surface area contributed by atoms with Crippen LogP contribution in [0.15, 0.2) is 0 Å². The van der Waals surface area contributed by atoms with E-state index in [9.17, 15) is 9.36 Å². The first-order valence-corrected chi connectivity index (χ1v) is 5.52. The van der Waals surface area contributed by atoms with Gasteiger partial charge < -0.3 is 16.7 Å². The van der Waals surface area contributed by atoms with Gasteiger partial charge in [0.1, 0.15) is 0 Å². The number of phosphoric ester groups is 1. The predicted molar refractivity (Wildman–Crippen MR) is 68.3 cm³/mol. The fraction of sp³-hybridized carbons (Fsp3) is 0.714. The van der Waals surface area contributed by atoms with E-state index >= 15 is 0 Å². The van der Waals surface area contributed by atoms with Crippen molar-refractivity contribution in [2.45, 2.75) is 32.6 Å². The van der Waals surface area contributed by atoms with Crippen molar-refractivity contribution in [3.8, 4) is 0 Å². The van der Waals surface area contributed by atoms with Crippen LogP contribution >= 0.6 is 7.82 Å². The van der Waals surface area contributed by atoms with Gasteiger partial charge in [0.2, 0.25) is 0 Å². The van der Waals surface area contributed by atoms with Crippen LogP contribution in [0.2, 0.25) is 0 Å². The van der Waals surface area contributed by atoms with Crippen LogP contribution in [-0.2, 0) is 13.9 Å². The summed E-state index contributed by atoms with van der Waals surface area (Å²) in [6.45, 7) is 0.916. The Balaban J connectivity index is -0.0000000183. The maximum Gasteiger partial charge on any atom is 2.00 e. The molecule has 86 valence electrons. The molecule has 9 heteroatoms. The number of phosphoric acid groups is 1. The first-order chi connectivity index (χ1) is 5.92. The Kier molecular flexibility index (Phi) is 24.8. The van der Waals surface area contributed by atoms with Gasteiger partial charge in [-0.15, -0.1) is 0 Å². The van der Waals surface area contributed by atoms with E-state index in [1.807, 2.05) is 0 Å². The van der Waals surface area contributed by atoms with Crippen LogP contribution in [0.25, 0.3) is 0 Å². The van der Waals surface area contributed by atoms with Gasteiger partial charge in [0, 0.05) is 6.92 Å². The van der Waals surface area contributed by atoms with Crippen molar-refractivity contribution in [1.29, 1.82) is 0 Å². The van der Waals surface area contributed by atoms with Crippen LogP contribution in [0.4, 0.5) is 0 Å². The molecule has 0 aromatic rings. The molecule has 0 spiro atoms. The van der Waals surface area contributed by atoms with E-state index in [1.165, 1.54) is 25.7 Å². The van der Waals surface area contributed by atoms with Gasteiger partial charge in [-0.25, -0.2) is 4.57 Å². The zero-order valence-electron chi connectivity index (χ0n) is 13.6. The van der Waals surface area contributed by atoms with Gasteiger partial charge in [-0.05, 0) is 0 Å². The molecule has 0 aromatic carbocycles. The molecule has 0 atom stereocenters. The van der Waals surface area contributed by atoms with E-state index in [2.05, 4.69) is 10.9 Å². The second-order valence-corrected chi connectivity index (χ2v) is 3.81. The summed E-state index contributed by atoms with van der Waals surface area (Å²) in [7, 11) is -4.57. The van der Waals surface area contributed by atoms with Gasteiger partial charge in [0.05, 0.1) is 0 Å². The molecule has 0 bridgehead atoms. The fourth-order valence-corrected chi connectivity index (χ4v) is 1.22. The molecule has 0 saturated heterocycles. The normalized spacial score (nSPS) is 12.9. The Labute approximate surface area is 150 Å². The molecular weight excluding hydrogens is 268 g/mol. The minimum atomic E-state index is -4.57. The van der Waals surface area contributed by atoms with Gasteiger partial charge in [-0.1, -0.05) is 12.8 Å². The minimum Gasteiger partial charge on any atom is -1.00 e. The molecule has 2 N–H and O–H groups in total. The Hall–Kier alpha value is 1.92. The number of carbonyl (C=O) groups excluding carboxylic acids is 1. The third-order valence-corrected chi connectivity index (χ3v) is 1.81. The molecule has 0 aliphatic heterocycles. The van der Waals surface area contributed by atoms with Crippen molar-refractivity contribution < 1.29 is 29.4 Å². The van der Waals surface area contributed by atoms with E-state index < -0.39 is 13.8 Å². The number of hydrogen-bond acceptors (Lipinski definition) is 3. The first kappa shape index (κ1) is 26.5. The molecule has 1 aliphatic rings. The molecule has 0 radical (unpaired) electrons. The Bertz CT molecular complexity index is 211. The van der Waals surface area contributed by atoms with E-state index in [0.717, 1.165) is 6.92 Å². The maximum absolute atomic E-state index is 9.74. The molecular formula is C7H18Mg3O5P+. The molecule has 0 unspecified atom stereocenters. The number of carbonyl (C=O) groups is 1. The molecule has 16 heavy (non-hydrogen) atoms. The summed E-state index contributed by atoms with van der Waals surface area (Å²) in [4.78, 5) is 25.5. The molecule has 1 rings (SSSR count). The summed E-state index contributed by atoms with van der Waals surface area (Å²) in [6, 6.07) is 0. The van der Waals surface area contributed by atoms with Crippen molar-refractivity contribution in [1.82, 2.24) is 0 Å². The Morgan fingerprint density at radius 2 is 1.62 bits per heavy atom. The third-order valence-electron chi connectivity index (χ3n) is 1.31. The number of rotatable bonds is 1. The van der Waals surface area contributed by atoms with Gasteiger partial charge in [-0.3, -0.25) is 14.6 Å². The minimum absolute atomic E-state index is 0. The van der Waals surface area contributed by atoms with Crippen molar-refractivity contribution >= 4 is 83.0 Å². The third kappa shape index (κ3) is 24.9. The zero-order chi connectivity index (χ0) is 10.3. The summed E-state index contributed by atoms with van der Waals surface area (Å²) in [5, 5.41) is 0. The molecule has 5 nitrogen and oxygen atoms in total. The smallest absolute Gasteiger partial charge is 1.00 e. The molecule has 1 aliphatic carbocycles. The predicted octanol–water partition coefficient (Wildman–Crippen LogP) is 0.714. The van der Waals surface area contributed by atoms with Gasteiger partial charge in [0.25, 0.3) is 0 Å². The average molecular weight is 286 g/mol. The quantitative estimate of drug-likeness (QED) is 0.421. The van der Waals surface area contributed by atoms with E-state index in [0.29, 0.717) is 0 Å². The van der Waals surface area contributed by atoms with Gasteiger partial charge in [0.15, 0.2) is 0 Å². The molecule has 1 fully saturated rings. The van der Waals surface area contributed by atoms with Crippen LogP contribution in [0.1, 0.15) is 38.3 Å². The van der Waals surface area contributed by atoms with Crippen LogP contribution in [0, 0.1) is 6.42 Å². The topological polar surface area (TPSA) is 83.8 Å². The van der Waals surface area contributed by atoms with Crippen molar-refractivity contribution in [2.75, 3.05) is 0 Å². The summed E-state index contributed by atoms with van der Waals surface area (Å²) < 4.78 is 13.2. The van der Waals surface area contributed by atoms with Crippen LogP contribution in [-0.4, -0.2) is 84.9 Å². The van der Waals surface area contributed by atoms with E-state index in [-0.39, 0.29) is 74.9 Å². The van der Waals surface area contributed by atoms with Crippen LogP contribution in [0.3, 0.4) is 0 Å². The molecule has 0 amide bonds. The fourth-order valence-electron chi connectivity index (χ4n) is 0.889. The van der Waals surface area contributed by atoms with E-state index in [4.69, 9.17) is 9.79 Å². The first-order valence-electron chi connectivity index (χ1n) is 3.99. The van der Waals surface area contributed by atoms with Gasteiger partial charge in [-0.2, -0.15) is 12.8 Å².